The first-order valence-corrected chi connectivity index (χ1v) is 5.42. The Balaban J connectivity index is 3.61. The molecule has 0 aromatic rings. The van der Waals surface area contributed by atoms with Gasteiger partial charge in [0.15, 0.2) is 5.78 Å². The van der Waals surface area contributed by atoms with Crippen LogP contribution in [0.25, 0.3) is 0 Å². The highest BCUT2D eigenvalue weighted by molar-refractivity contribution is 5.80. The molecule has 14 heavy (non-hydrogen) atoms. The molecule has 0 saturated heterocycles. The third-order valence-electron chi connectivity index (χ3n) is 2.08. The third-order valence-corrected chi connectivity index (χ3v) is 2.08. The van der Waals surface area contributed by atoms with Crippen LogP contribution in [0, 0.1) is 0 Å². The fraction of sp³-hybridized carbons (Fsp3) is 0.909. The van der Waals surface area contributed by atoms with Crippen molar-refractivity contribution in [2.24, 2.45) is 0 Å². The number of hydrogen-bond donors (Lipinski definition) is 0. The predicted octanol–water partition coefficient (Wildman–Crippen LogP) is 2.53. The molecule has 0 aliphatic heterocycles. The maximum Gasteiger partial charge on any atom is 0.158 e. The number of rotatable bonds is 9. The first-order valence-electron chi connectivity index (χ1n) is 5.42. The van der Waals surface area contributed by atoms with E-state index in [4.69, 9.17) is 9.47 Å². The Kier molecular flexibility index (Phi) is 8.89. The largest absolute Gasteiger partial charge is 0.356 e. The van der Waals surface area contributed by atoms with Gasteiger partial charge in [0.2, 0.25) is 0 Å². The van der Waals surface area contributed by atoms with Crippen LogP contribution in [-0.4, -0.2) is 25.3 Å². The summed E-state index contributed by atoms with van der Waals surface area (Å²) in [5.74, 6) is 0.0980. The first-order chi connectivity index (χ1) is 6.72. The summed E-state index contributed by atoms with van der Waals surface area (Å²) in [7, 11) is 0. The van der Waals surface area contributed by atoms with Crippen LogP contribution in [0.2, 0.25) is 0 Å². The molecule has 0 rings (SSSR count). The van der Waals surface area contributed by atoms with Crippen LogP contribution in [0.1, 0.15) is 46.5 Å². The van der Waals surface area contributed by atoms with Gasteiger partial charge in [0.05, 0.1) is 0 Å². The van der Waals surface area contributed by atoms with Crippen molar-refractivity contribution in [2.45, 2.75) is 52.6 Å². The Labute approximate surface area is 86.8 Å². The summed E-state index contributed by atoms with van der Waals surface area (Å²) in [5.41, 5.74) is 0. The number of hydrogen-bond acceptors (Lipinski definition) is 3. The lowest BCUT2D eigenvalue weighted by Crippen LogP contribution is -2.23. The maximum absolute atomic E-state index is 11.2. The molecule has 84 valence electrons. The number of unbranched alkanes of at least 4 members (excludes halogenated alkanes) is 2. The molecule has 0 saturated carbocycles. The molecule has 0 heterocycles. The standard InChI is InChI=1S/C11H22O3/c1-4-6-7-8-11(10(3)12)14-9-13-5-2/h11H,4-9H2,1-3H3. The molecule has 0 aromatic heterocycles. The molecule has 0 aliphatic rings. The highest BCUT2D eigenvalue weighted by Crippen LogP contribution is 2.07. The number of ether oxygens (including phenoxy) is 2. The summed E-state index contributed by atoms with van der Waals surface area (Å²) >= 11 is 0. The lowest BCUT2D eigenvalue weighted by Gasteiger charge is -2.14. The summed E-state index contributed by atoms with van der Waals surface area (Å²) in [6, 6.07) is 0. The van der Waals surface area contributed by atoms with Gasteiger partial charge in [0.1, 0.15) is 12.9 Å². The Morgan fingerprint density at radius 1 is 1.29 bits per heavy atom. The van der Waals surface area contributed by atoms with Crippen LogP contribution >= 0.6 is 0 Å². The second-order valence-electron chi connectivity index (χ2n) is 3.37. The van der Waals surface area contributed by atoms with Gasteiger partial charge < -0.3 is 9.47 Å². The summed E-state index contributed by atoms with van der Waals surface area (Å²) in [4.78, 5) is 11.2. The second-order valence-corrected chi connectivity index (χ2v) is 3.37. The molecular formula is C11H22O3. The Hall–Kier alpha value is -0.410. The molecule has 1 unspecified atom stereocenters. The second kappa shape index (κ2) is 9.16. The molecule has 3 heteroatoms. The van der Waals surface area contributed by atoms with Gasteiger partial charge in [-0.05, 0) is 20.3 Å². The minimum atomic E-state index is -0.270. The van der Waals surface area contributed by atoms with Gasteiger partial charge in [-0.3, -0.25) is 4.79 Å². The van der Waals surface area contributed by atoms with E-state index in [1.54, 1.807) is 6.92 Å². The van der Waals surface area contributed by atoms with Crippen molar-refractivity contribution in [3.8, 4) is 0 Å². The summed E-state index contributed by atoms with van der Waals surface area (Å²) < 4.78 is 10.4. The van der Waals surface area contributed by atoms with Gasteiger partial charge in [-0.15, -0.1) is 0 Å². The number of ketones is 1. The minimum absolute atomic E-state index is 0.0980. The van der Waals surface area contributed by atoms with Crippen molar-refractivity contribution in [3.05, 3.63) is 0 Å². The van der Waals surface area contributed by atoms with Gasteiger partial charge in [0.25, 0.3) is 0 Å². The van der Waals surface area contributed by atoms with Crippen LogP contribution in [0.3, 0.4) is 0 Å². The zero-order valence-electron chi connectivity index (χ0n) is 9.54. The van der Waals surface area contributed by atoms with Crippen LogP contribution < -0.4 is 0 Å². The molecule has 0 aliphatic carbocycles. The molecule has 1 atom stereocenters. The Morgan fingerprint density at radius 3 is 2.50 bits per heavy atom. The topological polar surface area (TPSA) is 35.5 Å². The normalized spacial score (nSPS) is 12.8. The Morgan fingerprint density at radius 2 is 2.00 bits per heavy atom. The van der Waals surface area contributed by atoms with E-state index in [9.17, 15) is 4.79 Å². The number of carbonyl (C=O) groups excluding carboxylic acids is 1. The lowest BCUT2D eigenvalue weighted by atomic mass is 10.1. The zero-order chi connectivity index (χ0) is 10.8. The van der Waals surface area contributed by atoms with Crippen LogP contribution in [0.15, 0.2) is 0 Å². The van der Waals surface area contributed by atoms with Crippen molar-refractivity contribution >= 4 is 5.78 Å². The predicted molar refractivity (Wildman–Crippen MR) is 56.2 cm³/mol. The molecule has 0 amide bonds. The molecule has 0 radical (unpaired) electrons. The smallest absolute Gasteiger partial charge is 0.158 e. The highest BCUT2D eigenvalue weighted by Gasteiger charge is 2.13. The molecular weight excluding hydrogens is 180 g/mol. The van der Waals surface area contributed by atoms with Crippen molar-refractivity contribution in [1.29, 1.82) is 0 Å². The van der Waals surface area contributed by atoms with Gasteiger partial charge in [-0.1, -0.05) is 26.2 Å². The average molecular weight is 202 g/mol. The first kappa shape index (κ1) is 13.6. The molecule has 0 aromatic carbocycles. The van der Waals surface area contributed by atoms with Gasteiger partial charge in [-0.2, -0.15) is 0 Å². The SMILES string of the molecule is CCCCCC(OCOCC)C(C)=O. The number of carbonyl (C=O) groups is 1. The van der Waals surface area contributed by atoms with Crippen molar-refractivity contribution in [2.75, 3.05) is 13.4 Å². The van der Waals surface area contributed by atoms with E-state index >= 15 is 0 Å². The molecule has 0 spiro atoms. The zero-order valence-corrected chi connectivity index (χ0v) is 9.54. The summed E-state index contributed by atoms with van der Waals surface area (Å²) in [6.07, 6.45) is 3.91. The van der Waals surface area contributed by atoms with E-state index in [2.05, 4.69) is 6.92 Å². The molecule has 0 N–H and O–H groups in total. The number of Topliss-reactive ketones (excluding diaryl/α,β-unsaturated/α-hetero) is 1. The van der Waals surface area contributed by atoms with Crippen LogP contribution in [-0.2, 0) is 14.3 Å². The van der Waals surface area contributed by atoms with E-state index in [1.165, 1.54) is 0 Å². The average Bonchev–Trinajstić information content (AvgIpc) is 2.15. The van der Waals surface area contributed by atoms with E-state index in [0.29, 0.717) is 6.61 Å². The highest BCUT2D eigenvalue weighted by atomic mass is 16.7. The minimum Gasteiger partial charge on any atom is -0.356 e. The fourth-order valence-electron chi connectivity index (χ4n) is 1.20. The van der Waals surface area contributed by atoms with Crippen molar-refractivity contribution in [1.82, 2.24) is 0 Å². The third kappa shape index (κ3) is 7.04. The van der Waals surface area contributed by atoms with Crippen LogP contribution in [0.4, 0.5) is 0 Å². The van der Waals surface area contributed by atoms with E-state index < -0.39 is 0 Å². The summed E-state index contributed by atoms with van der Waals surface area (Å²) in [6.45, 7) is 6.47. The monoisotopic (exact) mass is 202 g/mol. The van der Waals surface area contributed by atoms with Gasteiger partial charge in [0, 0.05) is 6.61 Å². The van der Waals surface area contributed by atoms with E-state index in [0.717, 1.165) is 25.7 Å². The molecule has 0 bridgehead atoms. The maximum atomic E-state index is 11.2. The molecule has 3 nitrogen and oxygen atoms in total. The van der Waals surface area contributed by atoms with E-state index in [-0.39, 0.29) is 18.7 Å². The van der Waals surface area contributed by atoms with Crippen molar-refractivity contribution in [3.63, 3.8) is 0 Å². The summed E-state index contributed by atoms with van der Waals surface area (Å²) in [5, 5.41) is 0. The fourth-order valence-corrected chi connectivity index (χ4v) is 1.20. The van der Waals surface area contributed by atoms with Crippen molar-refractivity contribution < 1.29 is 14.3 Å². The van der Waals surface area contributed by atoms with Crippen LogP contribution in [0.5, 0.6) is 0 Å². The molecule has 0 fully saturated rings. The van der Waals surface area contributed by atoms with Gasteiger partial charge >= 0.3 is 0 Å². The van der Waals surface area contributed by atoms with E-state index in [1.807, 2.05) is 6.92 Å². The van der Waals surface area contributed by atoms with Gasteiger partial charge in [-0.25, -0.2) is 0 Å². The lowest BCUT2D eigenvalue weighted by molar-refractivity contribution is -0.140. The Bertz CT molecular complexity index is 135. The quantitative estimate of drug-likeness (QED) is 0.426.